The number of hydrogen-bond donors (Lipinski definition) is 1. The first-order valence-corrected chi connectivity index (χ1v) is 6.65. The summed E-state index contributed by atoms with van der Waals surface area (Å²) in [6, 6.07) is 7.24. The second-order valence-corrected chi connectivity index (χ2v) is 4.85. The van der Waals surface area contributed by atoms with Gasteiger partial charge in [-0.3, -0.25) is 0 Å². The topological polar surface area (TPSA) is 42.4 Å². The molecule has 0 radical (unpaired) electrons. The van der Waals surface area contributed by atoms with Crippen molar-refractivity contribution in [2.24, 2.45) is 0 Å². The summed E-state index contributed by atoms with van der Waals surface area (Å²) in [6.07, 6.45) is -10.8. The van der Waals surface area contributed by atoms with E-state index in [0.29, 0.717) is 5.56 Å². The minimum atomic E-state index is -4.82. The van der Waals surface area contributed by atoms with Crippen LogP contribution >= 0.6 is 0 Å². The zero-order chi connectivity index (χ0) is 18.0. The molecule has 0 aliphatic heterocycles. The molecule has 0 fully saturated rings. The number of aryl methyl sites for hydroxylation is 1. The molecule has 1 heterocycles. The van der Waals surface area contributed by atoms with Gasteiger partial charge in [-0.1, -0.05) is 0 Å². The number of aromatic nitrogens is 1. The summed E-state index contributed by atoms with van der Waals surface area (Å²) in [5.74, 6) is -0.803. The van der Waals surface area contributed by atoms with Gasteiger partial charge >= 0.3 is 12.5 Å². The smallest absolute Gasteiger partial charge is 0.506 e. The van der Waals surface area contributed by atoms with E-state index in [9.17, 15) is 31.4 Å². The number of alkyl halides is 6. The fourth-order valence-electron chi connectivity index (χ4n) is 1.93. The van der Waals surface area contributed by atoms with Crippen molar-refractivity contribution in [2.75, 3.05) is 0 Å². The van der Waals surface area contributed by atoms with E-state index in [4.69, 9.17) is 0 Å². The van der Waals surface area contributed by atoms with Crippen LogP contribution in [0.1, 0.15) is 12.1 Å². The van der Waals surface area contributed by atoms with Crippen molar-refractivity contribution in [1.82, 2.24) is 4.98 Å². The van der Waals surface area contributed by atoms with Crippen molar-refractivity contribution in [1.29, 1.82) is 0 Å². The van der Waals surface area contributed by atoms with Crippen molar-refractivity contribution in [3.63, 3.8) is 0 Å². The molecule has 130 valence electrons. The second-order valence-electron chi connectivity index (χ2n) is 4.85. The molecule has 2 rings (SSSR count). The number of benzene rings is 1. The van der Waals surface area contributed by atoms with Gasteiger partial charge in [0.1, 0.15) is 11.5 Å². The maximum atomic E-state index is 12.3. The van der Waals surface area contributed by atoms with E-state index in [-0.39, 0.29) is 17.1 Å². The number of aromatic hydroxyl groups is 1. The summed E-state index contributed by atoms with van der Waals surface area (Å²) >= 11 is 0. The number of nitrogens with zero attached hydrogens (tertiary/aromatic N) is 1. The van der Waals surface area contributed by atoms with Gasteiger partial charge in [-0.05, 0) is 36.4 Å². The number of pyridine rings is 1. The molecule has 0 saturated carbocycles. The minimum absolute atomic E-state index is 0.138. The third-order valence-electron chi connectivity index (χ3n) is 2.98. The largest absolute Gasteiger partial charge is 0.573 e. The highest BCUT2D eigenvalue weighted by molar-refractivity contribution is 5.61. The van der Waals surface area contributed by atoms with E-state index in [1.165, 1.54) is 24.3 Å². The monoisotopic (exact) mass is 351 g/mol. The Morgan fingerprint density at radius 1 is 0.917 bits per heavy atom. The van der Waals surface area contributed by atoms with Gasteiger partial charge in [-0.2, -0.15) is 13.2 Å². The van der Waals surface area contributed by atoms with Gasteiger partial charge in [0, 0.05) is 18.4 Å². The normalized spacial score (nSPS) is 12.2. The minimum Gasteiger partial charge on any atom is -0.506 e. The van der Waals surface area contributed by atoms with Crippen LogP contribution in [0.4, 0.5) is 26.3 Å². The highest BCUT2D eigenvalue weighted by Gasteiger charge is 2.31. The molecule has 9 heteroatoms. The first-order valence-electron chi connectivity index (χ1n) is 6.65. The van der Waals surface area contributed by atoms with Crippen LogP contribution in [0.25, 0.3) is 11.3 Å². The molecule has 0 unspecified atom stereocenters. The molecule has 0 spiro atoms. The molecule has 0 aliphatic rings. The van der Waals surface area contributed by atoms with E-state index in [1.807, 2.05) is 0 Å². The summed E-state index contributed by atoms with van der Waals surface area (Å²) in [5.41, 5.74) is 0.460. The lowest BCUT2D eigenvalue weighted by Gasteiger charge is -2.11. The third-order valence-corrected chi connectivity index (χ3v) is 2.98. The quantitative estimate of drug-likeness (QED) is 0.801. The molecule has 0 bridgehead atoms. The van der Waals surface area contributed by atoms with E-state index >= 15 is 0 Å². The van der Waals surface area contributed by atoms with Gasteiger partial charge < -0.3 is 9.84 Å². The Morgan fingerprint density at radius 3 is 2.08 bits per heavy atom. The Morgan fingerprint density at radius 2 is 1.54 bits per heavy atom. The molecule has 0 atom stereocenters. The maximum Gasteiger partial charge on any atom is 0.573 e. The number of halogens is 6. The molecule has 0 amide bonds. The van der Waals surface area contributed by atoms with Crippen molar-refractivity contribution in [3.05, 3.63) is 42.1 Å². The fraction of sp³-hybridized carbons (Fsp3) is 0.267. The van der Waals surface area contributed by atoms with Crippen LogP contribution in [0.2, 0.25) is 0 Å². The van der Waals surface area contributed by atoms with Crippen LogP contribution < -0.4 is 4.74 Å². The maximum absolute atomic E-state index is 12.3. The number of rotatable bonds is 4. The van der Waals surface area contributed by atoms with E-state index in [0.717, 1.165) is 12.1 Å². The molecule has 0 saturated heterocycles. The molecular weight excluding hydrogens is 340 g/mol. The average Bonchev–Trinajstić information content (AvgIpc) is 2.45. The van der Waals surface area contributed by atoms with Gasteiger partial charge in [0.25, 0.3) is 0 Å². The predicted molar refractivity (Wildman–Crippen MR) is 72.4 cm³/mol. The zero-order valence-corrected chi connectivity index (χ0v) is 11.9. The number of hydrogen-bond acceptors (Lipinski definition) is 3. The van der Waals surface area contributed by atoms with Crippen LogP contribution in [0, 0.1) is 0 Å². The van der Waals surface area contributed by atoms with E-state index in [2.05, 4.69) is 9.72 Å². The first-order chi connectivity index (χ1) is 11.0. The van der Waals surface area contributed by atoms with Gasteiger partial charge in [0.2, 0.25) is 0 Å². The van der Waals surface area contributed by atoms with Gasteiger partial charge in [-0.25, -0.2) is 4.98 Å². The van der Waals surface area contributed by atoms with E-state index < -0.39 is 31.1 Å². The van der Waals surface area contributed by atoms with Gasteiger partial charge in [-0.15, -0.1) is 13.2 Å². The fourth-order valence-corrected chi connectivity index (χ4v) is 1.93. The van der Waals surface area contributed by atoms with Crippen molar-refractivity contribution in [3.8, 4) is 22.8 Å². The highest BCUT2D eigenvalue weighted by Crippen LogP contribution is 2.29. The molecule has 1 aromatic carbocycles. The van der Waals surface area contributed by atoms with Crippen LogP contribution in [-0.2, 0) is 6.42 Å². The van der Waals surface area contributed by atoms with Crippen molar-refractivity contribution in [2.45, 2.75) is 25.4 Å². The first kappa shape index (κ1) is 17.9. The molecule has 2 aromatic rings. The Hall–Kier alpha value is -2.45. The third kappa shape index (κ3) is 5.32. The predicted octanol–water partition coefficient (Wildman–Crippen LogP) is 4.85. The van der Waals surface area contributed by atoms with Crippen LogP contribution in [0.3, 0.4) is 0 Å². The van der Waals surface area contributed by atoms with Crippen LogP contribution in [0.5, 0.6) is 11.5 Å². The van der Waals surface area contributed by atoms with E-state index in [1.54, 1.807) is 0 Å². The van der Waals surface area contributed by atoms with Crippen LogP contribution in [0.15, 0.2) is 36.4 Å². The summed E-state index contributed by atoms with van der Waals surface area (Å²) in [7, 11) is 0. The average molecular weight is 351 g/mol. The molecule has 24 heavy (non-hydrogen) atoms. The lowest BCUT2D eigenvalue weighted by atomic mass is 10.1. The SMILES string of the molecule is Oc1ccc(-c2ccc(OC(F)(F)F)cc2)nc1CCC(F)(F)F. The van der Waals surface area contributed by atoms with Gasteiger partial charge in [0.05, 0.1) is 11.4 Å². The second kappa shape index (κ2) is 6.58. The summed E-state index contributed by atoms with van der Waals surface area (Å²) in [4.78, 5) is 3.94. The lowest BCUT2D eigenvalue weighted by Crippen LogP contribution is -2.16. The van der Waals surface area contributed by atoms with Crippen LogP contribution in [-0.4, -0.2) is 22.6 Å². The molecule has 1 aromatic heterocycles. The molecule has 3 nitrogen and oxygen atoms in total. The zero-order valence-electron chi connectivity index (χ0n) is 11.9. The Kier molecular flexibility index (Phi) is 4.91. The summed E-state index contributed by atoms with van der Waals surface area (Å²) < 4.78 is 76.8. The Balaban J connectivity index is 2.20. The summed E-state index contributed by atoms with van der Waals surface area (Å²) in [5, 5.41) is 9.58. The lowest BCUT2D eigenvalue weighted by molar-refractivity contribution is -0.274. The Labute approximate surface area is 132 Å². The number of ether oxygens (including phenoxy) is 1. The Bertz CT molecular complexity index is 695. The highest BCUT2D eigenvalue weighted by atomic mass is 19.4. The molecular formula is C15H11F6NO2. The molecule has 0 aliphatic carbocycles. The van der Waals surface area contributed by atoms with Crippen molar-refractivity contribution >= 4 is 0 Å². The van der Waals surface area contributed by atoms with Crippen molar-refractivity contribution < 1.29 is 36.2 Å². The standard InChI is InChI=1S/C15H11F6NO2/c16-14(17,18)8-7-12-13(23)6-5-11(22-12)9-1-3-10(4-2-9)24-15(19,20)21/h1-6,23H,7-8H2. The van der Waals surface area contributed by atoms with Gasteiger partial charge in [0.15, 0.2) is 0 Å². The summed E-state index contributed by atoms with van der Waals surface area (Å²) in [6.45, 7) is 0. The molecule has 1 N–H and O–H groups in total.